The van der Waals surface area contributed by atoms with Gasteiger partial charge in [-0.05, 0) is 0 Å². The molecule has 0 saturated carbocycles. The number of carboxylic acid groups (broad SMARTS) is 1. The number of carbonyl (C=O) groups excluding carboxylic acids is 1. The van der Waals surface area contributed by atoms with Crippen LogP contribution in [0.2, 0.25) is 0 Å². The molecule has 0 unspecified atom stereocenters. The van der Waals surface area contributed by atoms with E-state index in [1.165, 1.54) is 0 Å². The standard InChI is InChI=1S/C13H20N2O3S/c1-13(2,3)9-8-19-11(15-9)6-7-14-10(16)4-5-12(17)18/h8H,4-7H2,1-3H3,(H,14,16)(H,17,18). The van der Waals surface area contributed by atoms with Crippen LogP contribution in [0.5, 0.6) is 0 Å². The second kappa shape index (κ2) is 6.65. The third-order valence-corrected chi connectivity index (χ3v) is 3.46. The van der Waals surface area contributed by atoms with Gasteiger partial charge in [0.15, 0.2) is 0 Å². The Morgan fingerprint density at radius 2 is 2.05 bits per heavy atom. The molecule has 19 heavy (non-hydrogen) atoms. The Morgan fingerprint density at radius 3 is 2.58 bits per heavy atom. The molecule has 0 saturated heterocycles. The van der Waals surface area contributed by atoms with Gasteiger partial charge in [-0.3, -0.25) is 9.59 Å². The van der Waals surface area contributed by atoms with Gasteiger partial charge in [0.05, 0.1) is 17.1 Å². The Bertz CT molecular complexity index is 449. The summed E-state index contributed by atoms with van der Waals surface area (Å²) < 4.78 is 0. The van der Waals surface area contributed by atoms with Gasteiger partial charge in [-0.15, -0.1) is 11.3 Å². The predicted octanol–water partition coefficient (Wildman–Crippen LogP) is 1.96. The molecule has 5 nitrogen and oxygen atoms in total. The Morgan fingerprint density at radius 1 is 1.37 bits per heavy atom. The third kappa shape index (κ3) is 5.83. The summed E-state index contributed by atoms with van der Waals surface area (Å²) >= 11 is 1.59. The molecule has 0 aromatic carbocycles. The number of hydrogen-bond donors (Lipinski definition) is 2. The summed E-state index contributed by atoms with van der Waals surface area (Å²) in [5, 5.41) is 14.2. The number of carbonyl (C=O) groups is 2. The van der Waals surface area contributed by atoms with E-state index in [-0.39, 0.29) is 24.2 Å². The van der Waals surface area contributed by atoms with E-state index in [9.17, 15) is 9.59 Å². The van der Waals surface area contributed by atoms with Crippen molar-refractivity contribution in [2.24, 2.45) is 0 Å². The normalized spacial score (nSPS) is 11.3. The summed E-state index contributed by atoms with van der Waals surface area (Å²) in [6, 6.07) is 0. The van der Waals surface area contributed by atoms with Crippen molar-refractivity contribution >= 4 is 23.2 Å². The average Bonchev–Trinajstić information content (AvgIpc) is 2.74. The van der Waals surface area contributed by atoms with Crippen molar-refractivity contribution in [1.29, 1.82) is 0 Å². The van der Waals surface area contributed by atoms with Crippen LogP contribution in [0.3, 0.4) is 0 Å². The zero-order chi connectivity index (χ0) is 14.5. The van der Waals surface area contributed by atoms with Crippen LogP contribution in [-0.4, -0.2) is 28.5 Å². The second-order valence-corrected chi connectivity index (χ2v) is 6.31. The van der Waals surface area contributed by atoms with Crippen LogP contribution in [0.15, 0.2) is 5.38 Å². The van der Waals surface area contributed by atoms with Gasteiger partial charge in [0.25, 0.3) is 0 Å². The lowest BCUT2D eigenvalue weighted by molar-refractivity contribution is -0.138. The van der Waals surface area contributed by atoms with Crippen LogP contribution < -0.4 is 5.32 Å². The molecule has 2 N–H and O–H groups in total. The van der Waals surface area contributed by atoms with Crippen LogP contribution in [-0.2, 0) is 21.4 Å². The maximum absolute atomic E-state index is 11.3. The molecular weight excluding hydrogens is 264 g/mol. The Balaban J connectivity index is 2.31. The zero-order valence-electron chi connectivity index (χ0n) is 11.5. The topological polar surface area (TPSA) is 79.3 Å². The van der Waals surface area contributed by atoms with Crippen LogP contribution in [0.1, 0.15) is 44.3 Å². The quantitative estimate of drug-likeness (QED) is 0.837. The molecule has 106 valence electrons. The van der Waals surface area contributed by atoms with Crippen molar-refractivity contribution in [1.82, 2.24) is 10.3 Å². The molecule has 0 fully saturated rings. The molecule has 0 aliphatic carbocycles. The van der Waals surface area contributed by atoms with E-state index in [1.54, 1.807) is 11.3 Å². The van der Waals surface area contributed by atoms with Crippen LogP contribution in [0, 0.1) is 0 Å². The largest absolute Gasteiger partial charge is 0.481 e. The highest BCUT2D eigenvalue weighted by atomic mass is 32.1. The van der Waals surface area contributed by atoms with Crippen LogP contribution >= 0.6 is 11.3 Å². The fraction of sp³-hybridized carbons (Fsp3) is 0.615. The Labute approximate surface area is 117 Å². The molecule has 1 heterocycles. The van der Waals surface area contributed by atoms with Crippen molar-refractivity contribution < 1.29 is 14.7 Å². The van der Waals surface area contributed by atoms with E-state index >= 15 is 0 Å². The summed E-state index contributed by atoms with van der Waals surface area (Å²) in [7, 11) is 0. The Hall–Kier alpha value is -1.43. The van der Waals surface area contributed by atoms with E-state index in [0.29, 0.717) is 13.0 Å². The minimum Gasteiger partial charge on any atom is -0.481 e. The first-order valence-corrected chi connectivity index (χ1v) is 7.10. The number of thiazole rings is 1. The highest BCUT2D eigenvalue weighted by molar-refractivity contribution is 7.09. The molecule has 0 aliphatic heterocycles. The number of amides is 1. The highest BCUT2D eigenvalue weighted by Gasteiger charge is 2.17. The van der Waals surface area contributed by atoms with Crippen molar-refractivity contribution in [2.45, 2.75) is 45.4 Å². The average molecular weight is 284 g/mol. The van der Waals surface area contributed by atoms with Gasteiger partial charge in [-0.2, -0.15) is 0 Å². The zero-order valence-corrected chi connectivity index (χ0v) is 12.3. The van der Waals surface area contributed by atoms with Gasteiger partial charge in [-0.1, -0.05) is 20.8 Å². The summed E-state index contributed by atoms with van der Waals surface area (Å²) in [6.07, 6.45) is 0.581. The van der Waals surface area contributed by atoms with Gasteiger partial charge in [0.2, 0.25) is 5.91 Å². The molecular formula is C13H20N2O3S. The van der Waals surface area contributed by atoms with Gasteiger partial charge in [-0.25, -0.2) is 4.98 Å². The fourth-order valence-electron chi connectivity index (χ4n) is 1.39. The first-order chi connectivity index (χ1) is 8.79. The molecule has 1 rings (SSSR count). The number of aromatic nitrogens is 1. The van der Waals surface area contributed by atoms with Gasteiger partial charge in [0, 0.05) is 30.2 Å². The number of hydrogen-bond acceptors (Lipinski definition) is 4. The maximum Gasteiger partial charge on any atom is 0.303 e. The lowest BCUT2D eigenvalue weighted by Crippen LogP contribution is -2.26. The number of nitrogens with zero attached hydrogens (tertiary/aromatic N) is 1. The van der Waals surface area contributed by atoms with E-state index in [2.05, 4.69) is 31.1 Å². The summed E-state index contributed by atoms with van der Waals surface area (Å²) in [5.74, 6) is -1.18. The smallest absolute Gasteiger partial charge is 0.303 e. The lowest BCUT2D eigenvalue weighted by Gasteiger charge is -2.14. The SMILES string of the molecule is CC(C)(C)c1csc(CCNC(=O)CCC(=O)O)n1. The molecule has 1 aromatic rings. The van der Waals surface area contributed by atoms with E-state index in [1.807, 2.05) is 5.38 Å². The minimum absolute atomic E-state index is 0.0282. The van der Waals surface area contributed by atoms with Gasteiger partial charge >= 0.3 is 5.97 Å². The summed E-state index contributed by atoms with van der Waals surface area (Å²) in [4.78, 5) is 26.1. The molecule has 6 heteroatoms. The molecule has 1 aromatic heterocycles. The first-order valence-electron chi connectivity index (χ1n) is 6.22. The molecule has 0 bridgehead atoms. The number of rotatable bonds is 6. The summed E-state index contributed by atoms with van der Waals surface area (Å²) in [5.41, 5.74) is 1.10. The van der Waals surface area contributed by atoms with Crippen LogP contribution in [0.4, 0.5) is 0 Å². The number of aliphatic carboxylic acids is 1. The second-order valence-electron chi connectivity index (χ2n) is 5.37. The third-order valence-electron chi connectivity index (χ3n) is 2.55. The molecule has 0 atom stereocenters. The van der Waals surface area contributed by atoms with Crippen LogP contribution in [0.25, 0.3) is 0 Å². The van der Waals surface area contributed by atoms with Crippen molar-refractivity contribution in [2.75, 3.05) is 6.54 Å². The fourth-order valence-corrected chi connectivity index (χ4v) is 2.41. The molecule has 0 radical (unpaired) electrons. The van der Waals surface area contributed by atoms with Crippen molar-refractivity contribution in [3.8, 4) is 0 Å². The predicted molar refractivity (Wildman–Crippen MR) is 74.4 cm³/mol. The molecule has 1 amide bonds. The monoisotopic (exact) mass is 284 g/mol. The first kappa shape index (κ1) is 15.6. The number of carboxylic acids is 1. The van der Waals surface area contributed by atoms with E-state index < -0.39 is 5.97 Å². The minimum atomic E-state index is -0.954. The van der Waals surface area contributed by atoms with Crippen molar-refractivity contribution in [3.05, 3.63) is 16.1 Å². The van der Waals surface area contributed by atoms with Gasteiger partial charge in [0.1, 0.15) is 0 Å². The number of nitrogens with one attached hydrogen (secondary N) is 1. The van der Waals surface area contributed by atoms with E-state index in [4.69, 9.17) is 5.11 Å². The molecule has 0 spiro atoms. The van der Waals surface area contributed by atoms with Crippen molar-refractivity contribution in [3.63, 3.8) is 0 Å². The van der Waals surface area contributed by atoms with Gasteiger partial charge < -0.3 is 10.4 Å². The lowest BCUT2D eigenvalue weighted by atomic mass is 9.93. The molecule has 0 aliphatic rings. The summed E-state index contributed by atoms with van der Waals surface area (Å²) in [6.45, 7) is 6.83. The van der Waals surface area contributed by atoms with E-state index in [0.717, 1.165) is 10.7 Å². The maximum atomic E-state index is 11.3. The highest BCUT2D eigenvalue weighted by Crippen LogP contribution is 2.23. The Kier molecular flexibility index (Phi) is 5.47.